The number of carboxylic acids is 1. The van der Waals surface area contributed by atoms with Crippen LogP contribution in [0, 0.1) is 12.8 Å². The van der Waals surface area contributed by atoms with Gasteiger partial charge in [-0.05, 0) is 60.7 Å². The normalized spacial score (nSPS) is 10.6. The molecule has 0 saturated carbocycles. The summed E-state index contributed by atoms with van der Waals surface area (Å²) in [7, 11) is 0. The third-order valence-electron chi connectivity index (χ3n) is 4.28. The first kappa shape index (κ1) is 21.2. The monoisotopic (exact) mass is 382 g/mol. The second-order valence-corrected chi connectivity index (χ2v) is 7.18. The number of hydrogen-bond acceptors (Lipinski definition) is 3. The molecule has 0 bridgehead atoms. The van der Waals surface area contributed by atoms with E-state index in [1.54, 1.807) is 30.3 Å². The Morgan fingerprint density at radius 2 is 1.64 bits per heavy atom. The molecule has 0 fully saturated rings. The predicted molar refractivity (Wildman–Crippen MR) is 109 cm³/mol. The van der Waals surface area contributed by atoms with Crippen molar-refractivity contribution in [3.63, 3.8) is 0 Å². The van der Waals surface area contributed by atoms with Crippen molar-refractivity contribution in [2.24, 2.45) is 5.92 Å². The van der Waals surface area contributed by atoms with Crippen LogP contribution in [-0.2, 0) is 11.2 Å². The molecule has 0 aliphatic heterocycles. The van der Waals surface area contributed by atoms with Crippen molar-refractivity contribution in [1.82, 2.24) is 5.32 Å². The number of anilines is 1. The molecule has 0 aromatic heterocycles. The summed E-state index contributed by atoms with van der Waals surface area (Å²) in [6.07, 6.45) is 0.795. The van der Waals surface area contributed by atoms with Crippen molar-refractivity contribution in [1.29, 1.82) is 0 Å². The molecule has 6 heteroatoms. The number of carbonyl (C=O) groups excluding carboxylic acids is 2. The molecule has 0 radical (unpaired) electrons. The van der Waals surface area contributed by atoms with E-state index in [1.165, 1.54) is 12.1 Å². The van der Waals surface area contributed by atoms with Crippen LogP contribution in [0.25, 0.3) is 0 Å². The summed E-state index contributed by atoms with van der Waals surface area (Å²) >= 11 is 0. The molecule has 2 aromatic rings. The van der Waals surface area contributed by atoms with Crippen LogP contribution in [0.5, 0.6) is 0 Å². The smallest absolute Gasteiger partial charge is 0.335 e. The lowest BCUT2D eigenvalue weighted by molar-refractivity contribution is -0.116. The van der Waals surface area contributed by atoms with E-state index in [0.29, 0.717) is 30.1 Å². The Morgan fingerprint density at radius 1 is 1.00 bits per heavy atom. The summed E-state index contributed by atoms with van der Waals surface area (Å²) in [5.74, 6) is -0.855. The number of nitrogens with one attached hydrogen (secondary N) is 2. The van der Waals surface area contributed by atoms with E-state index in [1.807, 2.05) is 20.8 Å². The summed E-state index contributed by atoms with van der Waals surface area (Å²) in [6, 6.07) is 11.7. The molecule has 0 spiro atoms. The van der Waals surface area contributed by atoms with Gasteiger partial charge in [-0.3, -0.25) is 9.59 Å². The van der Waals surface area contributed by atoms with Gasteiger partial charge in [-0.1, -0.05) is 26.0 Å². The van der Waals surface area contributed by atoms with Gasteiger partial charge in [0.05, 0.1) is 5.56 Å². The first-order valence-corrected chi connectivity index (χ1v) is 9.27. The van der Waals surface area contributed by atoms with Gasteiger partial charge in [0.1, 0.15) is 0 Å². The molecule has 0 aliphatic rings. The van der Waals surface area contributed by atoms with Gasteiger partial charge in [0.2, 0.25) is 5.91 Å². The summed E-state index contributed by atoms with van der Waals surface area (Å²) in [6.45, 7) is 6.53. The van der Waals surface area contributed by atoms with Crippen molar-refractivity contribution in [3.05, 3.63) is 64.7 Å². The lowest BCUT2D eigenvalue weighted by Crippen LogP contribution is -2.27. The highest BCUT2D eigenvalue weighted by molar-refractivity contribution is 5.96. The summed E-state index contributed by atoms with van der Waals surface area (Å²) in [4.78, 5) is 35.2. The van der Waals surface area contributed by atoms with Crippen LogP contribution in [0.4, 0.5) is 5.69 Å². The zero-order valence-corrected chi connectivity index (χ0v) is 16.4. The van der Waals surface area contributed by atoms with Gasteiger partial charge in [0.15, 0.2) is 0 Å². The Balaban J connectivity index is 1.91. The van der Waals surface area contributed by atoms with Crippen molar-refractivity contribution < 1.29 is 19.5 Å². The van der Waals surface area contributed by atoms with E-state index in [9.17, 15) is 14.4 Å². The SMILES string of the molecule is Cc1cc(C(=O)NCC(C)C)ccc1NC(=O)CCc1ccc(C(=O)O)cc1. The van der Waals surface area contributed by atoms with Gasteiger partial charge in [-0.25, -0.2) is 4.79 Å². The molecule has 2 rings (SSSR count). The second-order valence-electron chi connectivity index (χ2n) is 7.18. The van der Waals surface area contributed by atoms with Gasteiger partial charge in [-0.2, -0.15) is 0 Å². The maximum absolute atomic E-state index is 12.2. The van der Waals surface area contributed by atoms with E-state index in [0.717, 1.165) is 11.1 Å². The first-order chi connectivity index (χ1) is 13.3. The quantitative estimate of drug-likeness (QED) is 0.649. The minimum Gasteiger partial charge on any atom is -0.478 e. The number of carboxylic acid groups (broad SMARTS) is 1. The third-order valence-corrected chi connectivity index (χ3v) is 4.28. The van der Waals surface area contributed by atoms with Crippen molar-refractivity contribution >= 4 is 23.5 Å². The van der Waals surface area contributed by atoms with Crippen LogP contribution in [0.1, 0.15) is 52.1 Å². The van der Waals surface area contributed by atoms with Crippen molar-refractivity contribution in [2.45, 2.75) is 33.6 Å². The topological polar surface area (TPSA) is 95.5 Å². The summed E-state index contributed by atoms with van der Waals surface area (Å²) in [5.41, 5.74) is 3.17. The predicted octanol–water partition coefficient (Wildman–Crippen LogP) is 3.65. The molecule has 2 amide bonds. The molecular weight excluding hydrogens is 356 g/mol. The number of benzene rings is 2. The highest BCUT2D eigenvalue weighted by Gasteiger charge is 2.10. The molecule has 0 aliphatic carbocycles. The Labute approximate surface area is 165 Å². The Bertz CT molecular complexity index is 857. The second kappa shape index (κ2) is 9.69. The largest absolute Gasteiger partial charge is 0.478 e. The van der Waals surface area contributed by atoms with Gasteiger partial charge in [0.25, 0.3) is 5.91 Å². The highest BCUT2D eigenvalue weighted by atomic mass is 16.4. The van der Waals surface area contributed by atoms with Crippen LogP contribution >= 0.6 is 0 Å². The van der Waals surface area contributed by atoms with Gasteiger partial charge in [-0.15, -0.1) is 0 Å². The van der Waals surface area contributed by atoms with Crippen LogP contribution in [0.2, 0.25) is 0 Å². The van der Waals surface area contributed by atoms with Crippen LogP contribution in [-0.4, -0.2) is 29.4 Å². The molecule has 6 nitrogen and oxygen atoms in total. The van der Waals surface area contributed by atoms with Gasteiger partial charge >= 0.3 is 5.97 Å². The van der Waals surface area contributed by atoms with Crippen LogP contribution in [0.15, 0.2) is 42.5 Å². The molecule has 0 saturated heterocycles. The molecular formula is C22H26N2O4. The molecule has 3 N–H and O–H groups in total. The van der Waals surface area contributed by atoms with E-state index in [2.05, 4.69) is 10.6 Å². The number of carbonyl (C=O) groups is 3. The van der Waals surface area contributed by atoms with E-state index < -0.39 is 5.97 Å². The number of rotatable bonds is 8. The molecule has 0 atom stereocenters. The first-order valence-electron chi connectivity index (χ1n) is 9.27. The molecule has 148 valence electrons. The zero-order valence-electron chi connectivity index (χ0n) is 16.4. The van der Waals surface area contributed by atoms with Gasteiger partial charge in [0, 0.05) is 24.2 Å². The standard InChI is InChI=1S/C22H26N2O4/c1-14(2)13-23-21(26)18-9-10-19(15(3)12-18)24-20(25)11-6-16-4-7-17(8-5-16)22(27)28/h4-5,7-10,12,14H,6,11,13H2,1-3H3,(H,23,26)(H,24,25)(H,27,28). The number of aromatic carboxylic acids is 1. The zero-order chi connectivity index (χ0) is 20.7. The maximum Gasteiger partial charge on any atom is 0.335 e. The average molecular weight is 382 g/mol. The minimum atomic E-state index is -0.971. The van der Waals surface area contributed by atoms with E-state index in [4.69, 9.17) is 5.11 Å². The fraction of sp³-hybridized carbons (Fsp3) is 0.318. The van der Waals surface area contributed by atoms with Crippen molar-refractivity contribution in [3.8, 4) is 0 Å². The lowest BCUT2D eigenvalue weighted by atomic mass is 10.1. The molecule has 28 heavy (non-hydrogen) atoms. The maximum atomic E-state index is 12.2. The third kappa shape index (κ3) is 6.23. The van der Waals surface area contributed by atoms with E-state index in [-0.39, 0.29) is 23.8 Å². The average Bonchev–Trinajstić information content (AvgIpc) is 2.66. The Morgan fingerprint density at radius 3 is 2.21 bits per heavy atom. The Hall–Kier alpha value is -3.15. The van der Waals surface area contributed by atoms with Crippen LogP contribution in [0.3, 0.4) is 0 Å². The van der Waals surface area contributed by atoms with E-state index >= 15 is 0 Å². The fourth-order valence-electron chi connectivity index (χ4n) is 2.63. The number of hydrogen-bond donors (Lipinski definition) is 3. The Kier molecular flexibility index (Phi) is 7.32. The van der Waals surface area contributed by atoms with Gasteiger partial charge < -0.3 is 15.7 Å². The highest BCUT2D eigenvalue weighted by Crippen LogP contribution is 2.17. The minimum absolute atomic E-state index is 0.125. The number of amides is 2. The van der Waals surface area contributed by atoms with Crippen LogP contribution < -0.4 is 10.6 Å². The molecule has 2 aromatic carbocycles. The van der Waals surface area contributed by atoms with Crippen molar-refractivity contribution in [2.75, 3.05) is 11.9 Å². The lowest BCUT2D eigenvalue weighted by Gasteiger charge is -2.11. The molecule has 0 heterocycles. The summed E-state index contributed by atoms with van der Waals surface area (Å²) in [5, 5.41) is 14.6. The fourth-order valence-corrected chi connectivity index (χ4v) is 2.63. The number of aryl methyl sites for hydroxylation is 2. The summed E-state index contributed by atoms with van der Waals surface area (Å²) < 4.78 is 0. The molecule has 0 unspecified atom stereocenters.